The van der Waals surface area contributed by atoms with Gasteiger partial charge < -0.3 is 15.5 Å². The van der Waals surface area contributed by atoms with E-state index in [1.54, 1.807) is 11.0 Å². The molecule has 1 saturated heterocycles. The zero-order chi connectivity index (χ0) is 21.1. The van der Waals surface area contributed by atoms with Crippen molar-refractivity contribution in [3.8, 4) is 0 Å². The summed E-state index contributed by atoms with van der Waals surface area (Å²) < 4.78 is 0. The summed E-state index contributed by atoms with van der Waals surface area (Å²) in [6.45, 7) is 4.85. The summed E-state index contributed by atoms with van der Waals surface area (Å²) in [6, 6.07) is 21.0. The number of rotatable bonds is 5. The minimum atomic E-state index is -0.201. The largest absolute Gasteiger partial charge is 0.355 e. The minimum absolute atomic E-state index is 0.126. The van der Waals surface area contributed by atoms with E-state index in [0.717, 1.165) is 35.6 Å². The summed E-state index contributed by atoms with van der Waals surface area (Å²) in [7, 11) is 0. The van der Waals surface area contributed by atoms with E-state index in [9.17, 15) is 9.59 Å². The van der Waals surface area contributed by atoms with Gasteiger partial charge in [-0.05, 0) is 67.8 Å². The molecule has 0 saturated carbocycles. The van der Waals surface area contributed by atoms with Crippen molar-refractivity contribution in [2.45, 2.75) is 26.7 Å². The second kappa shape index (κ2) is 8.41. The molecule has 152 valence electrons. The van der Waals surface area contributed by atoms with Gasteiger partial charge in [-0.15, -0.1) is 0 Å². The van der Waals surface area contributed by atoms with Crippen molar-refractivity contribution in [2.24, 2.45) is 0 Å². The average Bonchev–Trinajstić information content (AvgIpc) is 3.18. The molecule has 0 spiro atoms. The Balaban J connectivity index is 1.56. The first kappa shape index (κ1) is 19.7. The number of anilines is 4. The minimum Gasteiger partial charge on any atom is -0.355 e. The van der Waals surface area contributed by atoms with E-state index in [-0.39, 0.29) is 11.8 Å². The first-order chi connectivity index (χ1) is 14.5. The van der Waals surface area contributed by atoms with Crippen LogP contribution in [-0.4, -0.2) is 18.4 Å². The lowest BCUT2D eigenvalue weighted by atomic mass is 10.1. The van der Waals surface area contributed by atoms with Gasteiger partial charge in [-0.2, -0.15) is 0 Å². The van der Waals surface area contributed by atoms with E-state index in [4.69, 9.17) is 0 Å². The molecule has 3 aromatic carbocycles. The second-order valence-corrected chi connectivity index (χ2v) is 7.57. The van der Waals surface area contributed by atoms with Crippen LogP contribution in [0, 0.1) is 13.8 Å². The Hall–Kier alpha value is -3.60. The molecule has 1 aliphatic rings. The maximum Gasteiger partial charge on any atom is 0.257 e. The number of para-hydroxylation sites is 1. The molecule has 2 N–H and O–H groups in total. The molecule has 0 aromatic heterocycles. The van der Waals surface area contributed by atoms with E-state index < -0.39 is 0 Å². The standard InChI is InChI=1S/C25H25N3O2/c1-17-8-5-13-22(18(17)2)27-23-12-4-3-11-21(23)25(30)26-19-9-6-10-20(16-19)28-15-7-14-24(28)29/h3-6,8-13,16,27H,7,14-15H2,1-2H3,(H,26,30). The number of carbonyl (C=O) groups excluding carboxylic acids is 2. The predicted octanol–water partition coefficient (Wildman–Crippen LogP) is 5.43. The lowest BCUT2D eigenvalue weighted by molar-refractivity contribution is -0.117. The van der Waals surface area contributed by atoms with Crippen molar-refractivity contribution < 1.29 is 9.59 Å². The molecule has 5 heteroatoms. The van der Waals surface area contributed by atoms with Crippen molar-refractivity contribution >= 4 is 34.6 Å². The van der Waals surface area contributed by atoms with Crippen molar-refractivity contribution in [3.05, 3.63) is 83.4 Å². The smallest absolute Gasteiger partial charge is 0.257 e. The van der Waals surface area contributed by atoms with Crippen LogP contribution in [-0.2, 0) is 4.79 Å². The maximum absolute atomic E-state index is 13.0. The van der Waals surface area contributed by atoms with Crippen LogP contribution in [0.3, 0.4) is 0 Å². The van der Waals surface area contributed by atoms with Crippen molar-refractivity contribution in [1.82, 2.24) is 0 Å². The number of hydrogen-bond acceptors (Lipinski definition) is 3. The molecule has 1 aliphatic heterocycles. The molecule has 0 unspecified atom stereocenters. The number of nitrogens with zero attached hydrogens (tertiary/aromatic N) is 1. The fourth-order valence-corrected chi connectivity index (χ4v) is 3.69. The van der Waals surface area contributed by atoms with Crippen LogP contribution >= 0.6 is 0 Å². The molecule has 0 aliphatic carbocycles. The van der Waals surface area contributed by atoms with Gasteiger partial charge in [0.15, 0.2) is 0 Å². The number of hydrogen-bond donors (Lipinski definition) is 2. The van der Waals surface area contributed by atoms with E-state index in [2.05, 4.69) is 30.5 Å². The lowest BCUT2D eigenvalue weighted by Crippen LogP contribution is -2.23. The van der Waals surface area contributed by atoms with Gasteiger partial charge in [-0.1, -0.05) is 30.3 Å². The summed E-state index contributed by atoms with van der Waals surface area (Å²) in [6.07, 6.45) is 1.45. The summed E-state index contributed by atoms with van der Waals surface area (Å²) in [5.74, 6) is -0.0742. The first-order valence-electron chi connectivity index (χ1n) is 10.2. The fourth-order valence-electron chi connectivity index (χ4n) is 3.69. The third kappa shape index (κ3) is 4.06. The normalized spacial score (nSPS) is 13.4. The van der Waals surface area contributed by atoms with Crippen LogP contribution < -0.4 is 15.5 Å². The Bertz CT molecular complexity index is 1110. The van der Waals surface area contributed by atoms with Gasteiger partial charge in [0.1, 0.15) is 0 Å². The maximum atomic E-state index is 13.0. The van der Waals surface area contributed by atoms with Gasteiger partial charge >= 0.3 is 0 Å². The molecule has 1 heterocycles. The molecule has 1 fully saturated rings. The fraction of sp³-hybridized carbons (Fsp3) is 0.200. The van der Waals surface area contributed by atoms with Crippen molar-refractivity contribution in [3.63, 3.8) is 0 Å². The molecule has 3 aromatic rings. The highest BCUT2D eigenvalue weighted by atomic mass is 16.2. The highest BCUT2D eigenvalue weighted by Gasteiger charge is 2.22. The van der Waals surface area contributed by atoms with Crippen LogP contribution in [0.5, 0.6) is 0 Å². The van der Waals surface area contributed by atoms with Crippen LogP contribution in [0.25, 0.3) is 0 Å². The zero-order valence-corrected chi connectivity index (χ0v) is 17.2. The van der Waals surface area contributed by atoms with Crippen LogP contribution in [0.2, 0.25) is 0 Å². The van der Waals surface area contributed by atoms with Gasteiger partial charge in [-0.25, -0.2) is 0 Å². The Kier molecular flexibility index (Phi) is 5.53. The topological polar surface area (TPSA) is 61.4 Å². The van der Waals surface area contributed by atoms with Crippen LogP contribution in [0.15, 0.2) is 66.7 Å². The zero-order valence-electron chi connectivity index (χ0n) is 17.2. The number of aryl methyl sites for hydroxylation is 1. The Morgan fingerprint density at radius 3 is 2.50 bits per heavy atom. The molecule has 5 nitrogen and oxygen atoms in total. The molecule has 0 radical (unpaired) electrons. The predicted molar refractivity (Wildman–Crippen MR) is 122 cm³/mol. The Labute approximate surface area is 176 Å². The number of nitrogens with one attached hydrogen (secondary N) is 2. The summed E-state index contributed by atoms with van der Waals surface area (Å²) in [5, 5.41) is 6.37. The number of carbonyl (C=O) groups is 2. The number of amides is 2. The third-order valence-electron chi connectivity index (χ3n) is 5.53. The monoisotopic (exact) mass is 399 g/mol. The van der Waals surface area contributed by atoms with Crippen molar-refractivity contribution in [1.29, 1.82) is 0 Å². The molecule has 0 bridgehead atoms. The highest BCUT2D eigenvalue weighted by molar-refractivity contribution is 6.09. The van der Waals surface area contributed by atoms with Crippen molar-refractivity contribution in [2.75, 3.05) is 22.1 Å². The van der Waals surface area contributed by atoms with Crippen LogP contribution in [0.4, 0.5) is 22.7 Å². The highest BCUT2D eigenvalue weighted by Crippen LogP contribution is 2.27. The van der Waals surface area contributed by atoms with Gasteiger partial charge in [0.05, 0.1) is 11.3 Å². The third-order valence-corrected chi connectivity index (χ3v) is 5.53. The summed E-state index contributed by atoms with van der Waals surface area (Å²) >= 11 is 0. The molecular weight excluding hydrogens is 374 g/mol. The quantitative estimate of drug-likeness (QED) is 0.602. The summed E-state index contributed by atoms with van der Waals surface area (Å²) in [4.78, 5) is 26.8. The van der Waals surface area contributed by atoms with Crippen LogP contribution in [0.1, 0.15) is 34.3 Å². The Morgan fingerprint density at radius 2 is 1.70 bits per heavy atom. The van der Waals surface area contributed by atoms with E-state index >= 15 is 0 Å². The Morgan fingerprint density at radius 1 is 0.933 bits per heavy atom. The average molecular weight is 399 g/mol. The van der Waals surface area contributed by atoms with Gasteiger partial charge in [0, 0.05) is 30.0 Å². The lowest BCUT2D eigenvalue weighted by Gasteiger charge is -2.17. The summed E-state index contributed by atoms with van der Waals surface area (Å²) in [5.41, 5.74) is 6.10. The van der Waals surface area contributed by atoms with E-state index in [1.165, 1.54) is 5.56 Å². The van der Waals surface area contributed by atoms with Gasteiger partial charge in [-0.3, -0.25) is 9.59 Å². The molecular formula is C25H25N3O2. The molecule has 4 rings (SSSR count). The molecule has 0 atom stereocenters. The van der Waals surface area contributed by atoms with E-state index in [0.29, 0.717) is 17.7 Å². The van der Waals surface area contributed by atoms with Gasteiger partial charge in [0.25, 0.3) is 5.91 Å². The number of benzene rings is 3. The molecule has 2 amide bonds. The SMILES string of the molecule is Cc1cccc(Nc2ccccc2C(=O)Nc2cccc(N3CCCC3=O)c2)c1C. The second-order valence-electron chi connectivity index (χ2n) is 7.57. The van der Waals surface area contributed by atoms with Gasteiger partial charge in [0.2, 0.25) is 5.91 Å². The first-order valence-corrected chi connectivity index (χ1v) is 10.2. The molecule has 30 heavy (non-hydrogen) atoms. The van der Waals surface area contributed by atoms with E-state index in [1.807, 2.05) is 54.6 Å².